The quantitative estimate of drug-likeness (QED) is 0.0603. The molecule has 2 saturated heterocycles. The van der Waals surface area contributed by atoms with Gasteiger partial charge in [0, 0.05) is 132 Å². The number of benzene rings is 1. The Hall–Kier alpha value is -7.02. The molecule has 8 bridgehead atoms. The van der Waals surface area contributed by atoms with Crippen molar-refractivity contribution in [2.45, 2.75) is 196 Å². The van der Waals surface area contributed by atoms with Gasteiger partial charge in [0.1, 0.15) is 18.3 Å². The van der Waals surface area contributed by atoms with Gasteiger partial charge in [-0.1, -0.05) is 40.7 Å². The first kappa shape index (κ1) is 77.0. The van der Waals surface area contributed by atoms with Gasteiger partial charge in [0.05, 0.1) is 41.3 Å². The van der Waals surface area contributed by atoms with E-state index in [0.29, 0.717) is 56.4 Å². The van der Waals surface area contributed by atoms with Gasteiger partial charge in [-0.25, -0.2) is 4.98 Å². The van der Waals surface area contributed by atoms with Crippen LogP contribution in [0.4, 0.5) is 0 Å². The number of ether oxygens (including phenoxy) is 1. The van der Waals surface area contributed by atoms with E-state index in [1.54, 1.807) is 6.92 Å². The third-order valence-corrected chi connectivity index (χ3v) is 21.6. The number of allylic oxidation sites excluding steroid dienone is 6. The molecule has 2 fully saturated rings. The minimum absolute atomic E-state index is 0. The average molecular weight is 1390 g/mol. The van der Waals surface area contributed by atoms with E-state index < -0.39 is 149 Å². The Morgan fingerprint density at radius 3 is 1.92 bits per heavy atom. The Labute approximate surface area is 562 Å². The summed E-state index contributed by atoms with van der Waals surface area (Å²) < 4.78 is 31.9. The molecule has 0 aliphatic carbocycles. The average Bonchev–Trinajstić information content (AvgIpc) is 1.53. The smallest absolute Gasteiger partial charge is 0.300 e. The Morgan fingerprint density at radius 2 is 1.36 bits per heavy atom. The fourth-order valence-corrected chi connectivity index (χ4v) is 16.4. The number of primary amides is 6. The summed E-state index contributed by atoms with van der Waals surface area (Å²) in [6.45, 7) is 20.0. The molecule has 16 N–H and O–H groups in total. The second kappa shape index (κ2) is 29.4. The molecule has 1 aromatic carbocycles. The second-order valence-electron chi connectivity index (χ2n) is 27.5. The van der Waals surface area contributed by atoms with Gasteiger partial charge in [0.25, 0.3) is 13.8 Å². The largest absolute Gasteiger partial charge is 0.756 e. The summed E-state index contributed by atoms with van der Waals surface area (Å²) >= 11 is 0. The normalized spacial score (nSPS) is 30.6. The van der Waals surface area contributed by atoms with E-state index in [9.17, 15) is 53.2 Å². The number of phosphoric acid groups is 1. The molecule has 8 rings (SSSR count). The molecule has 31 heteroatoms. The van der Waals surface area contributed by atoms with Gasteiger partial charge in [-0.2, -0.15) is 5.70 Å². The number of nitrogens with one attached hydrogen (secondary N) is 1. The van der Waals surface area contributed by atoms with Gasteiger partial charge in [-0.3, -0.25) is 57.9 Å². The first-order valence-corrected chi connectivity index (χ1v) is 32.9. The summed E-state index contributed by atoms with van der Waals surface area (Å²) in [5.74, 6) is -8.24. The number of nitrogens with two attached hydrogens (primary N) is 6. The van der Waals surface area contributed by atoms with Crippen LogP contribution in [0.2, 0.25) is 0 Å². The van der Waals surface area contributed by atoms with Crippen LogP contribution in [0, 0.1) is 59.2 Å². The van der Waals surface area contributed by atoms with Gasteiger partial charge in [0.15, 0.2) is 6.23 Å². The van der Waals surface area contributed by atoms with Gasteiger partial charge in [0.2, 0.25) is 41.4 Å². The molecule has 525 valence electrons. The Bertz CT molecular complexity index is 3650. The zero-order valence-electron chi connectivity index (χ0n) is 55.9. The molecule has 1 radical (unpaired) electrons. The molecular weight excluding hydrogens is 1300 g/mol. The van der Waals surface area contributed by atoms with Gasteiger partial charge >= 0.3 is 0 Å². The van der Waals surface area contributed by atoms with Crippen LogP contribution in [-0.4, -0.2) is 138 Å². The number of aliphatic imine (C=N–C) groups is 3. The number of carboxylic acid groups (broad SMARTS) is 1. The standard InChI is InChI=1S/C62H90N13O14P.C2H4O2.Co/c1-29-20-39-40(21-30(29)2)75(28-70-39)57-52(84)53(41(27-76)87-57)89-90(85,86)88-31(3)26-69-49(83)18-19-59(8)37(22-46(66)80)56-62(11)61(10,25-48(68)82)36(14-17-45(65)79)51(74-62)33(5)55-60(9,24-47(67)81)34(12-15-43(63)77)38(71-55)23-42-58(6,7)35(13-16-44(64)78)50(72-42)32(4)54(59)73-56;1-2(3)4;/h20-21,23,28,31,34-37,41,52-53,56-57,76,84H,12-19,22,24-27H2,1-11H3,(H15,63,64,65,66,67,68,69,71,72,73,74,77,78,79,80,81,82,83,85,86);1H3,(H,3,4);/p-2. The maximum Gasteiger partial charge on any atom is 0.300 e. The third kappa shape index (κ3) is 15.7. The number of rotatable bonds is 26. The van der Waals surface area contributed by atoms with E-state index in [0.717, 1.165) is 18.1 Å². The molecule has 95 heavy (non-hydrogen) atoms. The predicted octanol–water partition coefficient (Wildman–Crippen LogP) is 3.40. The molecule has 6 aliphatic rings. The molecule has 0 spiro atoms. The Kier molecular flexibility index (Phi) is 23.8. The van der Waals surface area contributed by atoms with Crippen molar-refractivity contribution in [3.8, 4) is 0 Å². The number of carboxylic acids is 1. The van der Waals surface area contributed by atoms with Crippen molar-refractivity contribution >= 4 is 83.3 Å². The number of aliphatic hydroxyl groups excluding tert-OH is 2. The molecule has 1 aromatic heterocycles. The Morgan fingerprint density at radius 1 is 0.789 bits per heavy atom. The summed E-state index contributed by atoms with van der Waals surface area (Å²) in [4.78, 5) is 137. The van der Waals surface area contributed by atoms with Crippen LogP contribution in [0.5, 0.6) is 0 Å². The van der Waals surface area contributed by atoms with Crippen LogP contribution < -0.4 is 44.6 Å². The van der Waals surface area contributed by atoms with Crippen LogP contribution in [0.1, 0.15) is 157 Å². The molecule has 29 nitrogen and oxygen atoms in total. The van der Waals surface area contributed by atoms with E-state index >= 15 is 0 Å². The second-order valence-corrected chi connectivity index (χ2v) is 28.8. The number of hydrogen-bond acceptors (Lipinski definition) is 19. The summed E-state index contributed by atoms with van der Waals surface area (Å²) in [6.07, 6.45) is -4.79. The van der Waals surface area contributed by atoms with Crippen LogP contribution in [0.15, 0.2) is 67.8 Å². The molecule has 2 aromatic rings. The Balaban J connectivity index is 0.00000278. The number of carbonyl (C=O) groups excluding carboxylic acids is 7. The van der Waals surface area contributed by atoms with Gasteiger partial charge in [-0.05, 0) is 119 Å². The number of aromatic nitrogens is 2. The first-order chi connectivity index (χ1) is 43.6. The van der Waals surface area contributed by atoms with Gasteiger partial charge in [-0.15, -0.1) is 0 Å². The van der Waals surface area contributed by atoms with Crippen molar-refractivity contribution in [2.75, 3.05) is 13.2 Å². The van der Waals surface area contributed by atoms with Gasteiger partial charge < -0.3 is 83.6 Å². The molecule has 15 unspecified atom stereocenters. The zero-order valence-corrected chi connectivity index (χ0v) is 57.8. The van der Waals surface area contributed by atoms with Crippen molar-refractivity contribution in [3.05, 3.63) is 69.2 Å². The summed E-state index contributed by atoms with van der Waals surface area (Å²) in [7, 11) is -5.32. The molecule has 7 heterocycles. The van der Waals surface area contributed by atoms with E-state index in [-0.39, 0.29) is 94.0 Å². The maximum atomic E-state index is 14.4. The van der Waals surface area contributed by atoms with Crippen molar-refractivity contribution in [1.82, 2.24) is 14.9 Å². The number of aryl methyl sites for hydroxylation is 2. The first-order valence-electron chi connectivity index (χ1n) is 31.4. The fraction of sp³-hybridized carbons (Fsp3) is 0.625. The fourth-order valence-electron chi connectivity index (χ4n) is 15.3. The monoisotopic (exact) mass is 1390 g/mol. The van der Waals surface area contributed by atoms with Crippen molar-refractivity contribution in [3.63, 3.8) is 0 Å². The molecule has 15 atom stereocenters. The topological polar surface area (TPSA) is 502 Å². The zero-order chi connectivity index (χ0) is 70.3. The van der Waals surface area contributed by atoms with Crippen molar-refractivity contribution in [1.29, 1.82) is 0 Å². The molecule has 0 saturated carbocycles. The number of aliphatic hydroxyl groups is 2. The summed E-state index contributed by atoms with van der Waals surface area (Å²) in [5.41, 5.74) is 36.7. The number of phosphoric ester groups is 1. The predicted molar refractivity (Wildman–Crippen MR) is 345 cm³/mol. The van der Waals surface area contributed by atoms with E-state index in [4.69, 9.17) is 78.4 Å². The van der Waals surface area contributed by atoms with E-state index in [2.05, 4.69) is 10.3 Å². The van der Waals surface area contributed by atoms with Crippen molar-refractivity contribution in [2.24, 2.45) is 94.7 Å². The number of amides is 7. The van der Waals surface area contributed by atoms with E-state index in [1.165, 1.54) is 17.8 Å². The molecular formula is C64H92CoN13O16P-2. The third-order valence-electron chi connectivity index (χ3n) is 20.5. The molecule has 6 aliphatic heterocycles. The number of nitrogens with zero attached hydrogens (tertiary/aromatic N) is 6. The maximum absolute atomic E-state index is 14.4. The van der Waals surface area contributed by atoms with Crippen LogP contribution in [0.3, 0.4) is 0 Å². The van der Waals surface area contributed by atoms with E-state index in [1.807, 2.05) is 80.5 Å². The minimum atomic E-state index is -5.32. The molecule has 7 amide bonds. The number of hydrogen-bond donors (Lipinski definition) is 10. The summed E-state index contributed by atoms with van der Waals surface area (Å²) in [6, 6.07) is 2.65. The van der Waals surface area contributed by atoms with Crippen LogP contribution in [-0.2, 0) is 73.5 Å². The number of carbonyl (C=O) groups is 8. The van der Waals surface area contributed by atoms with Crippen LogP contribution >= 0.6 is 7.82 Å². The SMILES string of the molecule is CC(=O)O.CC1=C2N=C(C=C3N=C(C(C)=C4[N-]C(C(CC(N)=O)C4(C)CCC(=O)NCC(C)OP(=O)([O-])OC4C(CO)OC(n5cnc6cc(C)c(C)cc65)C4O)C4(C)N=C1C(CCC(N)=O)C4(C)CC(N)=O)C(CCC(N)=O)C3(C)C)C(CCC(N)=O)C2(C)CC(N)=O.[Co]. The number of aliphatic carboxylic acids is 1. The van der Waals surface area contributed by atoms with Crippen molar-refractivity contribution < 1.29 is 93.7 Å². The summed E-state index contributed by atoms with van der Waals surface area (Å²) in [5, 5.41) is 37.5. The number of imidazole rings is 1. The van der Waals surface area contributed by atoms with Crippen LogP contribution in [0.25, 0.3) is 16.4 Å². The number of fused-ring (bicyclic) bond motifs is 7. The minimum Gasteiger partial charge on any atom is -0.756 e.